The van der Waals surface area contributed by atoms with E-state index >= 15 is 0 Å². The van der Waals surface area contributed by atoms with Crippen molar-refractivity contribution in [1.82, 2.24) is 19.2 Å². The molecule has 5 nitrogen and oxygen atoms in total. The molecule has 6 heteroatoms. The molecule has 26 heavy (non-hydrogen) atoms. The van der Waals surface area contributed by atoms with Crippen molar-refractivity contribution in [3.8, 4) is 11.3 Å². The molecule has 0 radical (unpaired) electrons. The van der Waals surface area contributed by atoms with E-state index in [0.717, 1.165) is 24.1 Å². The molecule has 3 heterocycles. The van der Waals surface area contributed by atoms with Gasteiger partial charge in [0.05, 0.1) is 10.7 Å². The van der Waals surface area contributed by atoms with Crippen molar-refractivity contribution < 1.29 is 4.79 Å². The lowest BCUT2D eigenvalue weighted by atomic mass is 10.0. The van der Waals surface area contributed by atoms with Gasteiger partial charge in [0.25, 0.3) is 5.91 Å². The van der Waals surface area contributed by atoms with Gasteiger partial charge in [-0.2, -0.15) is 5.10 Å². The maximum Gasteiger partial charge on any atom is 0.270 e. The standard InChI is InChI=1S/C20H21ClN4O/c1-23-13-15(21)12-18(23)20(26)25-10-8-16-17(9-11-25)24(2)22-19(16)14-6-4-3-5-7-14/h3-7,12-13H,8-11H2,1-2H3. The van der Waals surface area contributed by atoms with Gasteiger partial charge in [0, 0.05) is 56.6 Å². The summed E-state index contributed by atoms with van der Waals surface area (Å²) in [7, 11) is 3.84. The summed E-state index contributed by atoms with van der Waals surface area (Å²) in [6, 6.07) is 12.0. The molecule has 4 rings (SSSR count). The van der Waals surface area contributed by atoms with E-state index in [4.69, 9.17) is 16.7 Å². The Bertz CT molecular complexity index is 958. The second-order valence-electron chi connectivity index (χ2n) is 6.71. The summed E-state index contributed by atoms with van der Waals surface area (Å²) in [5.41, 5.74) is 5.24. The second-order valence-corrected chi connectivity index (χ2v) is 7.15. The van der Waals surface area contributed by atoms with E-state index in [1.54, 1.807) is 16.8 Å². The summed E-state index contributed by atoms with van der Waals surface area (Å²) < 4.78 is 3.75. The molecule has 1 amide bonds. The van der Waals surface area contributed by atoms with Gasteiger partial charge in [0.1, 0.15) is 5.69 Å². The SMILES string of the molecule is Cn1cc(Cl)cc1C(=O)N1CCc2c(-c3ccccc3)nn(C)c2CC1. The van der Waals surface area contributed by atoms with Gasteiger partial charge in [-0.1, -0.05) is 41.9 Å². The predicted molar refractivity (Wildman–Crippen MR) is 102 cm³/mol. The Morgan fingerprint density at radius 3 is 2.54 bits per heavy atom. The third kappa shape index (κ3) is 2.92. The maximum absolute atomic E-state index is 12.9. The Hall–Kier alpha value is -2.53. The average molecular weight is 369 g/mol. The van der Waals surface area contributed by atoms with Crippen LogP contribution in [0.3, 0.4) is 0 Å². The van der Waals surface area contributed by atoms with Crippen LogP contribution in [0.4, 0.5) is 0 Å². The highest BCUT2D eigenvalue weighted by Crippen LogP contribution is 2.28. The van der Waals surface area contributed by atoms with Crippen LogP contribution in [0.1, 0.15) is 21.7 Å². The third-order valence-electron chi connectivity index (χ3n) is 5.05. The number of aromatic nitrogens is 3. The van der Waals surface area contributed by atoms with Crippen molar-refractivity contribution in [2.24, 2.45) is 14.1 Å². The van der Waals surface area contributed by atoms with E-state index in [1.165, 1.54) is 11.3 Å². The van der Waals surface area contributed by atoms with E-state index in [1.807, 2.05) is 41.9 Å². The van der Waals surface area contributed by atoms with E-state index in [9.17, 15) is 4.79 Å². The van der Waals surface area contributed by atoms with Crippen LogP contribution in [0.25, 0.3) is 11.3 Å². The Kier molecular flexibility index (Phi) is 4.32. The molecule has 0 saturated heterocycles. The van der Waals surface area contributed by atoms with Gasteiger partial charge in [0.2, 0.25) is 0 Å². The average Bonchev–Trinajstić information content (AvgIpc) is 3.04. The minimum atomic E-state index is 0.0291. The molecule has 0 saturated carbocycles. The van der Waals surface area contributed by atoms with E-state index < -0.39 is 0 Å². The second kappa shape index (κ2) is 6.65. The first-order chi connectivity index (χ1) is 12.5. The highest BCUT2D eigenvalue weighted by molar-refractivity contribution is 6.31. The lowest BCUT2D eigenvalue weighted by Gasteiger charge is -2.20. The van der Waals surface area contributed by atoms with Gasteiger partial charge in [-0.05, 0) is 12.5 Å². The number of fused-ring (bicyclic) bond motifs is 1. The van der Waals surface area contributed by atoms with Crippen LogP contribution in [-0.4, -0.2) is 38.2 Å². The molecule has 0 atom stereocenters. The van der Waals surface area contributed by atoms with Crippen LogP contribution in [0.5, 0.6) is 0 Å². The molecular formula is C20H21ClN4O. The van der Waals surface area contributed by atoms with E-state index in [2.05, 4.69) is 12.1 Å². The minimum absolute atomic E-state index is 0.0291. The van der Waals surface area contributed by atoms with E-state index in [-0.39, 0.29) is 5.91 Å². The minimum Gasteiger partial charge on any atom is -0.345 e. The van der Waals surface area contributed by atoms with Crippen LogP contribution >= 0.6 is 11.6 Å². The molecular weight excluding hydrogens is 348 g/mol. The zero-order valence-corrected chi connectivity index (χ0v) is 15.7. The van der Waals surface area contributed by atoms with Crippen LogP contribution in [-0.2, 0) is 26.9 Å². The molecule has 1 aliphatic rings. The highest BCUT2D eigenvalue weighted by Gasteiger charge is 2.26. The number of carbonyl (C=O) groups excluding carboxylic acids is 1. The molecule has 0 bridgehead atoms. The van der Waals surface area contributed by atoms with Gasteiger partial charge in [-0.25, -0.2) is 0 Å². The maximum atomic E-state index is 12.9. The van der Waals surface area contributed by atoms with Crippen molar-refractivity contribution in [3.63, 3.8) is 0 Å². The number of hydrogen-bond donors (Lipinski definition) is 0. The fraction of sp³-hybridized carbons (Fsp3) is 0.300. The summed E-state index contributed by atoms with van der Waals surface area (Å²) >= 11 is 6.04. The van der Waals surface area contributed by atoms with Crippen LogP contribution in [0.2, 0.25) is 5.02 Å². The Morgan fingerprint density at radius 1 is 1.12 bits per heavy atom. The summed E-state index contributed by atoms with van der Waals surface area (Å²) in [5, 5.41) is 5.33. The molecule has 0 aliphatic carbocycles. The van der Waals surface area contributed by atoms with Crippen molar-refractivity contribution in [1.29, 1.82) is 0 Å². The predicted octanol–water partition coefficient (Wildman–Crippen LogP) is 3.32. The number of nitrogens with zero attached hydrogens (tertiary/aromatic N) is 4. The largest absolute Gasteiger partial charge is 0.345 e. The molecule has 134 valence electrons. The summed E-state index contributed by atoms with van der Waals surface area (Å²) in [6.45, 7) is 1.36. The lowest BCUT2D eigenvalue weighted by molar-refractivity contribution is 0.0753. The summed E-state index contributed by atoms with van der Waals surface area (Å²) in [6.07, 6.45) is 3.37. The molecule has 1 aromatic carbocycles. The molecule has 0 fully saturated rings. The fourth-order valence-corrected chi connectivity index (χ4v) is 3.96. The first kappa shape index (κ1) is 16.9. The normalized spacial score (nSPS) is 14.2. The number of aryl methyl sites for hydroxylation is 2. The Labute approximate surface area is 157 Å². The van der Waals surface area contributed by atoms with Gasteiger partial charge in [0.15, 0.2) is 0 Å². The first-order valence-corrected chi connectivity index (χ1v) is 9.13. The monoisotopic (exact) mass is 368 g/mol. The Balaban J connectivity index is 1.62. The topological polar surface area (TPSA) is 43.1 Å². The molecule has 0 N–H and O–H groups in total. The van der Waals surface area contributed by atoms with Gasteiger partial charge in [-0.15, -0.1) is 0 Å². The van der Waals surface area contributed by atoms with Gasteiger partial charge < -0.3 is 9.47 Å². The number of carbonyl (C=O) groups is 1. The highest BCUT2D eigenvalue weighted by atomic mass is 35.5. The zero-order valence-electron chi connectivity index (χ0n) is 14.9. The fourth-order valence-electron chi connectivity index (χ4n) is 3.71. The molecule has 2 aromatic heterocycles. The zero-order chi connectivity index (χ0) is 18.3. The quantitative estimate of drug-likeness (QED) is 0.696. The number of amides is 1. The van der Waals surface area contributed by atoms with Crippen molar-refractivity contribution >= 4 is 17.5 Å². The molecule has 0 spiro atoms. The van der Waals surface area contributed by atoms with Crippen molar-refractivity contribution in [2.45, 2.75) is 12.8 Å². The third-order valence-corrected chi connectivity index (χ3v) is 5.26. The lowest BCUT2D eigenvalue weighted by Crippen LogP contribution is -2.34. The van der Waals surface area contributed by atoms with Crippen molar-refractivity contribution in [2.75, 3.05) is 13.1 Å². The van der Waals surface area contributed by atoms with Gasteiger partial charge in [-0.3, -0.25) is 9.48 Å². The van der Waals surface area contributed by atoms with Crippen molar-refractivity contribution in [3.05, 3.63) is 64.6 Å². The summed E-state index contributed by atoms with van der Waals surface area (Å²) in [4.78, 5) is 14.8. The summed E-state index contributed by atoms with van der Waals surface area (Å²) in [5.74, 6) is 0.0291. The molecule has 1 aliphatic heterocycles. The smallest absolute Gasteiger partial charge is 0.270 e. The number of benzene rings is 1. The van der Waals surface area contributed by atoms with Gasteiger partial charge >= 0.3 is 0 Å². The Morgan fingerprint density at radius 2 is 1.85 bits per heavy atom. The van der Waals surface area contributed by atoms with E-state index in [0.29, 0.717) is 23.8 Å². The molecule has 3 aromatic rings. The number of halogens is 1. The van der Waals surface area contributed by atoms with Crippen LogP contribution in [0, 0.1) is 0 Å². The number of hydrogen-bond acceptors (Lipinski definition) is 2. The first-order valence-electron chi connectivity index (χ1n) is 8.76. The number of rotatable bonds is 2. The van der Waals surface area contributed by atoms with Crippen LogP contribution in [0.15, 0.2) is 42.6 Å². The molecule has 0 unspecified atom stereocenters. The van der Waals surface area contributed by atoms with Crippen LogP contribution < -0.4 is 0 Å².